The quantitative estimate of drug-likeness (QED) is 0.719. The molecule has 1 N–H and O–H groups in total. The Bertz CT molecular complexity index is 264. The highest BCUT2D eigenvalue weighted by molar-refractivity contribution is 4.86. The third-order valence-corrected chi connectivity index (χ3v) is 5.05. The van der Waals surface area contributed by atoms with Gasteiger partial charge < -0.3 is 5.32 Å². The topological polar surface area (TPSA) is 15.3 Å². The molecule has 0 aromatic rings. The third-order valence-electron chi connectivity index (χ3n) is 5.05. The van der Waals surface area contributed by atoms with Crippen LogP contribution in [0.5, 0.6) is 0 Å². The summed E-state index contributed by atoms with van der Waals surface area (Å²) in [5.74, 6) is 1.60. The van der Waals surface area contributed by atoms with Crippen LogP contribution in [0, 0.1) is 17.3 Å². The van der Waals surface area contributed by atoms with E-state index in [9.17, 15) is 0 Å². The van der Waals surface area contributed by atoms with Gasteiger partial charge in [0.05, 0.1) is 0 Å². The minimum absolute atomic E-state index is 0.426. The summed E-state index contributed by atoms with van der Waals surface area (Å²) in [5, 5.41) is 3.70. The van der Waals surface area contributed by atoms with Crippen molar-refractivity contribution in [1.29, 1.82) is 0 Å². The summed E-state index contributed by atoms with van der Waals surface area (Å²) in [6.07, 6.45) is 5.41. The number of hydrogen-bond acceptors (Lipinski definition) is 2. The summed E-state index contributed by atoms with van der Waals surface area (Å²) in [4.78, 5) is 2.75. The Balaban J connectivity index is 2.55. The Morgan fingerprint density at radius 1 is 1.30 bits per heavy atom. The number of hydrogen-bond donors (Lipinski definition) is 1. The molecule has 0 aromatic heterocycles. The van der Waals surface area contributed by atoms with E-state index in [-0.39, 0.29) is 0 Å². The van der Waals surface area contributed by atoms with Crippen LogP contribution in [-0.2, 0) is 0 Å². The third kappa shape index (κ3) is 5.73. The van der Waals surface area contributed by atoms with Gasteiger partial charge in [-0.15, -0.1) is 0 Å². The van der Waals surface area contributed by atoms with Gasteiger partial charge in [0.15, 0.2) is 0 Å². The molecule has 0 aromatic carbocycles. The van der Waals surface area contributed by atoms with Crippen molar-refractivity contribution in [2.75, 3.05) is 26.2 Å². The van der Waals surface area contributed by atoms with Gasteiger partial charge in [-0.25, -0.2) is 0 Å². The van der Waals surface area contributed by atoms with Crippen LogP contribution < -0.4 is 5.32 Å². The molecule has 120 valence electrons. The Morgan fingerprint density at radius 2 is 2.00 bits per heavy atom. The van der Waals surface area contributed by atoms with E-state index in [1.807, 2.05) is 0 Å². The zero-order valence-corrected chi connectivity index (χ0v) is 14.8. The van der Waals surface area contributed by atoms with Crippen molar-refractivity contribution >= 4 is 0 Å². The molecule has 0 radical (unpaired) electrons. The number of nitrogens with one attached hydrogen (secondary N) is 1. The van der Waals surface area contributed by atoms with E-state index in [4.69, 9.17) is 0 Å². The van der Waals surface area contributed by atoms with Crippen LogP contribution in [0.15, 0.2) is 0 Å². The van der Waals surface area contributed by atoms with E-state index >= 15 is 0 Å². The summed E-state index contributed by atoms with van der Waals surface area (Å²) in [6.45, 7) is 19.1. The standard InChI is InChI=1S/C18H38N2/c1-7-10-18(6,13-19-12-15(2)3)14-20-11-8-9-16(4)17(20)5/h15-17,19H,7-14H2,1-6H3. The van der Waals surface area contributed by atoms with Crippen molar-refractivity contribution in [2.45, 2.75) is 73.3 Å². The molecule has 3 atom stereocenters. The second-order valence-corrected chi connectivity index (χ2v) is 7.92. The highest BCUT2D eigenvalue weighted by Crippen LogP contribution is 2.30. The van der Waals surface area contributed by atoms with E-state index in [1.165, 1.54) is 38.8 Å². The van der Waals surface area contributed by atoms with Gasteiger partial charge in [0, 0.05) is 19.1 Å². The maximum absolute atomic E-state index is 3.70. The van der Waals surface area contributed by atoms with Gasteiger partial charge in [0.1, 0.15) is 0 Å². The number of rotatable bonds is 8. The molecular weight excluding hydrogens is 244 g/mol. The normalized spacial score (nSPS) is 27.8. The predicted molar refractivity (Wildman–Crippen MR) is 90.2 cm³/mol. The fraction of sp³-hybridized carbons (Fsp3) is 1.00. The van der Waals surface area contributed by atoms with Crippen LogP contribution in [0.2, 0.25) is 0 Å². The first-order chi connectivity index (χ1) is 9.38. The van der Waals surface area contributed by atoms with Gasteiger partial charge in [0.25, 0.3) is 0 Å². The molecule has 0 amide bonds. The van der Waals surface area contributed by atoms with Crippen LogP contribution in [0.4, 0.5) is 0 Å². The van der Waals surface area contributed by atoms with Gasteiger partial charge in [-0.2, -0.15) is 0 Å². The van der Waals surface area contributed by atoms with Crippen LogP contribution in [-0.4, -0.2) is 37.1 Å². The molecule has 1 aliphatic rings. The number of piperidine rings is 1. The van der Waals surface area contributed by atoms with E-state index < -0.39 is 0 Å². The Morgan fingerprint density at radius 3 is 2.60 bits per heavy atom. The summed E-state index contributed by atoms with van der Waals surface area (Å²) in [6, 6.07) is 0.755. The molecular formula is C18H38N2. The fourth-order valence-electron chi connectivity index (χ4n) is 3.62. The predicted octanol–water partition coefficient (Wildman–Crippen LogP) is 4.16. The van der Waals surface area contributed by atoms with E-state index in [2.05, 4.69) is 51.8 Å². The first kappa shape index (κ1) is 18.0. The first-order valence-corrected chi connectivity index (χ1v) is 8.82. The van der Waals surface area contributed by atoms with E-state index in [1.54, 1.807) is 0 Å². The summed E-state index contributed by atoms with van der Waals surface area (Å²) < 4.78 is 0. The molecule has 1 heterocycles. The van der Waals surface area contributed by atoms with Crippen molar-refractivity contribution in [3.05, 3.63) is 0 Å². The van der Waals surface area contributed by atoms with Crippen molar-refractivity contribution < 1.29 is 0 Å². The molecule has 1 fully saturated rings. The van der Waals surface area contributed by atoms with Gasteiger partial charge in [-0.1, -0.05) is 41.0 Å². The lowest BCUT2D eigenvalue weighted by atomic mass is 9.82. The van der Waals surface area contributed by atoms with Gasteiger partial charge in [-0.3, -0.25) is 4.90 Å². The van der Waals surface area contributed by atoms with Crippen LogP contribution >= 0.6 is 0 Å². The van der Waals surface area contributed by atoms with Gasteiger partial charge in [0.2, 0.25) is 0 Å². The maximum Gasteiger partial charge on any atom is 0.00928 e. The minimum Gasteiger partial charge on any atom is -0.316 e. The van der Waals surface area contributed by atoms with Gasteiger partial charge in [-0.05, 0) is 56.5 Å². The molecule has 1 rings (SSSR count). The van der Waals surface area contributed by atoms with Crippen molar-refractivity contribution in [3.8, 4) is 0 Å². The lowest BCUT2D eigenvalue weighted by Crippen LogP contribution is -2.50. The lowest BCUT2D eigenvalue weighted by molar-refractivity contribution is 0.0611. The van der Waals surface area contributed by atoms with E-state index in [0.717, 1.165) is 31.0 Å². The lowest BCUT2D eigenvalue weighted by Gasteiger charge is -2.43. The van der Waals surface area contributed by atoms with E-state index in [0.29, 0.717) is 5.41 Å². The average molecular weight is 283 g/mol. The van der Waals surface area contributed by atoms with Crippen molar-refractivity contribution in [3.63, 3.8) is 0 Å². The highest BCUT2D eigenvalue weighted by Gasteiger charge is 2.31. The second kappa shape index (κ2) is 8.38. The molecule has 3 unspecified atom stereocenters. The van der Waals surface area contributed by atoms with Crippen molar-refractivity contribution in [1.82, 2.24) is 10.2 Å². The molecule has 1 aliphatic heterocycles. The minimum atomic E-state index is 0.426. The van der Waals surface area contributed by atoms with Crippen LogP contribution in [0.25, 0.3) is 0 Å². The van der Waals surface area contributed by atoms with Gasteiger partial charge >= 0.3 is 0 Å². The van der Waals surface area contributed by atoms with Crippen LogP contribution in [0.1, 0.15) is 67.2 Å². The fourth-order valence-corrected chi connectivity index (χ4v) is 3.62. The second-order valence-electron chi connectivity index (χ2n) is 7.92. The molecule has 2 nitrogen and oxygen atoms in total. The largest absolute Gasteiger partial charge is 0.316 e. The summed E-state index contributed by atoms with van der Waals surface area (Å²) >= 11 is 0. The zero-order valence-electron chi connectivity index (χ0n) is 14.8. The molecule has 0 saturated carbocycles. The SMILES string of the molecule is CCCC(C)(CNCC(C)C)CN1CCCC(C)C1C. The highest BCUT2D eigenvalue weighted by atomic mass is 15.2. The summed E-state index contributed by atoms with van der Waals surface area (Å²) in [7, 11) is 0. The Hall–Kier alpha value is -0.0800. The maximum atomic E-state index is 3.70. The summed E-state index contributed by atoms with van der Waals surface area (Å²) in [5.41, 5.74) is 0.426. The molecule has 0 aliphatic carbocycles. The van der Waals surface area contributed by atoms with Crippen LogP contribution in [0.3, 0.4) is 0 Å². The average Bonchev–Trinajstić information content (AvgIpc) is 2.35. The number of nitrogens with zero attached hydrogens (tertiary/aromatic N) is 1. The molecule has 1 saturated heterocycles. The Kier molecular flexibility index (Phi) is 7.53. The Labute approximate surface area is 127 Å². The smallest absolute Gasteiger partial charge is 0.00928 e. The number of likely N-dealkylation sites (tertiary alicyclic amines) is 1. The van der Waals surface area contributed by atoms with Crippen molar-refractivity contribution in [2.24, 2.45) is 17.3 Å². The molecule has 0 spiro atoms. The molecule has 2 heteroatoms. The molecule has 0 bridgehead atoms. The monoisotopic (exact) mass is 282 g/mol. The zero-order chi connectivity index (χ0) is 15.2. The molecule has 20 heavy (non-hydrogen) atoms. The first-order valence-electron chi connectivity index (χ1n) is 8.82.